The molecule has 0 aliphatic carbocycles. The second kappa shape index (κ2) is 7.80. The van der Waals surface area contributed by atoms with E-state index in [0.29, 0.717) is 18.6 Å². The summed E-state index contributed by atoms with van der Waals surface area (Å²) in [6, 6.07) is 0. The zero-order valence-electron chi connectivity index (χ0n) is 17.0. The maximum atomic E-state index is 10.3. The predicted octanol–water partition coefficient (Wildman–Crippen LogP) is 1.02. The van der Waals surface area contributed by atoms with E-state index in [4.69, 9.17) is 9.47 Å². The minimum atomic E-state index is -1.35. The Morgan fingerprint density at radius 3 is 2.25 bits per heavy atom. The Bertz CT molecular complexity index is 732. The average molecular weight is 396 g/mol. The molecule has 0 saturated carbocycles. The summed E-state index contributed by atoms with van der Waals surface area (Å²) in [5.74, 6) is 1.14. The number of hydrogen-bond acceptors (Lipinski definition) is 7. The molecule has 6 atom stereocenters. The van der Waals surface area contributed by atoms with E-state index in [0.717, 1.165) is 40.8 Å². The molecule has 0 radical (unpaired) electrons. The van der Waals surface area contributed by atoms with Gasteiger partial charge in [0.05, 0.1) is 12.7 Å². The number of hydrogen-bond donors (Lipinski definition) is 5. The van der Waals surface area contributed by atoms with Crippen molar-refractivity contribution in [2.75, 3.05) is 6.61 Å². The molecule has 2 aliphatic rings. The topological polar surface area (TPSA) is 120 Å². The molecule has 158 valence electrons. The summed E-state index contributed by atoms with van der Waals surface area (Å²) < 4.78 is 12.0. The second-order valence-electron chi connectivity index (χ2n) is 8.49. The lowest BCUT2D eigenvalue weighted by Crippen LogP contribution is -2.58. The molecule has 3 rings (SSSR count). The number of ether oxygens (including phenoxy) is 2. The van der Waals surface area contributed by atoms with E-state index in [2.05, 4.69) is 0 Å². The number of phenols is 1. The number of fused-ring (bicyclic) bond motifs is 1. The highest BCUT2D eigenvalue weighted by atomic mass is 16.5. The summed E-state index contributed by atoms with van der Waals surface area (Å²) in [7, 11) is 0. The van der Waals surface area contributed by atoms with Crippen LogP contribution in [0, 0.1) is 20.8 Å². The van der Waals surface area contributed by atoms with Crippen molar-refractivity contribution in [3.63, 3.8) is 0 Å². The van der Waals surface area contributed by atoms with Crippen molar-refractivity contribution in [1.29, 1.82) is 0 Å². The fourth-order valence-electron chi connectivity index (χ4n) is 4.34. The van der Waals surface area contributed by atoms with Gasteiger partial charge in [-0.05, 0) is 70.1 Å². The van der Waals surface area contributed by atoms with Crippen LogP contribution in [0.15, 0.2) is 0 Å². The Labute approximate surface area is 165 Å². The summed E-state index contributed by atoms with van der Waals surface area (Å²) in [4.78, 5) is 0. The number of benzene rings is 1. The Morgan fingerprint density at radius 1 is 0.964 bits per heavy atom. The van der Waals surface area contributed by atoms with E-state index in [1.165, 1.54) is 0 Å². The molecule has 1 aromatic rings. The Balaban J connectivity index is 1.74. The van der Waals surface area contributed by atoms with Gasteiger partial charge >= 0.3 is 0 Å². The highest BCUT2D eigenvalue weighted by Crippen LogP contribution is 2.44. The van der Waals surface area contributed by atoms with Crippen LogP contribution < -0.4 is 4.74 Å². The van der Waals surface area contributed by atoms with Crippen LogP contribution >= 0.6 is 0 Å². The van der Waals surface area contributed by atoms with E-state index < -0.39 is 42.7 Å². The molecule has 2 aliphatic heterocycles. The third-order valence-electron chi connectivity index (χ3n) is 6.54. The SMILES string of the molecule is Cc1c(C)c2c(c(C)c1O)CCC(C)(CC[C@@H]1O[C@H](CO)[C@@H](O)[C@H](O)[C@H]1O)O2. The molecule has 5 N–H and O–H groups in total. The summed E-state index contributed by atoms with van der Waals surface area (Å²) in [5, 5.41) is 49.8. The zero-order valence-corrected chi connectivity index (χ0v) is 17.0. The van der Waals surface area contributed by atoms with Crippen LogP contribution in [0.4, 0.5) is 0 Å². The van der Waals surface area contributed by atoms with Gasteiger partial charge in [-0.2, -0.15) is 0 Å². The van der Waals surface area contributed by atoms with Crippen molar-refractivity contribution < 1.29 is 35.0 Å². The van der Waals surface area contributed by atoms with Crippen LogP contribution in [-0.2, 0) is 11.2 Å². The van der Waals surface area contributed by atoms with Crippen molar-refractivity contribution in [3.8, 4) is 11.5 Å². The molecule has 1 unspecified atom stereocenters. The lowest BCUT2D eigenvalue weighted by atomic mass is 9.83. The van der Waals surface area contributed by atoms with Gasteiger partial charge in [-0.3, -0.25) is 0 Å². The number of aromatic hydroxyl groups is 1. The average Bonchev–Trinajstić information content (AvgIpc) is 2.68. The molecule has 7 nitrogen and oxygen atoms in total. The maximum absolute atomic E-state index is 10.3. The standard InChI is InChI=1S/C21H32O7/c1-10-11(2)20-13(12(3)16(10)23)5-7-21(4,28-20)8-6-14-17(24)19(26)18(25)15(9-22)27-14/h14-15,17-19,22-26H,5-9H2,1-4H3/t14-,15+,17-,18+,19+,21?/m0/s1. The van der Waals surface area contributed by atoms with Crippen molar-refractivity contribution >= 4 is 0 Å². The molecule has 1 fully saturated rings. The van der Waals surface area contributed by atoms with Gasteiger partial charge < -0.3 is 35.0 Å². The third kappa shape index (κ3) is 3.62. The smallest absolute Gasteiger partial charge is 0.127 e. The number of phenolic OH excluding ortho intramolecular Hbond substituents is 1. The van der Waals surface area contributed by atoms with Gasteiger partial charge in [0.25, 0.3) is 0 Å². The molecule has 1 saturated heterocycles. The Morgan fingerprint density at radius 2 is 1.61 bits per heavy atom. The second-order valence-corrected chi connectivity index (χ2v) is 8.49. The first-order valence-electron chi connectivity index (χ1n) is 9.90. The van der Waals surface area contributed by atoms with Crippen LogP contribution in [-0.4, -0.2) is 68.3 Å². The Kier molecular flexibility index (Phi) is 5.94. The summed E-state index contributed by atoms with van der Waals surface area (Å²) in [6.07, 6.45) is -2.97. The lowest BCUT2D eigenvalue weighted by molar-refractivity contribution is -0.231. The molecule has 0 spiro atoms. The van der Waals surface area contributed by atoms with Gasteiger partial charge in [0, 0.05) is 5.56 Å². The predicted molar refractivity (Wildman–Crippen MR) is 103 cm³/mol. The normalized spacial score (nSPS) is 35.4. The first kappa shape index (κ1) is 21.3. The molecule has 0 bridgehead atoms. The van der Waals surface area contributed by atoms with Gasteiger partial charge in [-0.15, -0.1) is 0 Å². The minimum absolute atomic E-state index is 0.324. The van der Waals surface area contributed by atoms with Crippen LogP contribution in [0.1, 0.15) is 48.4 Å². The first-order valence-corrected chi connectivity index (χ1v) is 9.90. The van der Waals surface area contributed by atoms with Crippen LogP contribution in [0.5, 0.6) is 11.5 Å². The van der Waals surface area contributed by atoms with Crippen molar-refractivity contribution in [1.82, 2.24) is 0 Å². The first-order chi connectivity index (χ1) is 13.1. The molecular weight excluding hydrogens is 364 g/mol. The van der Waals surface area contributed by atoms with Crippen molar-refractivity contribution in [2.45, 2.75) is 89.5 Å². The van der Waals surface area contributed by atoms with Gasteiger partial charge in [-0.1, -0.05) is 0 Å². The number of aliphatic hydroxyl groups is 4. The number of rotatable bonds is 4. The molecular formula is C21H32O7. The molecule has 0 amide bonds. The highest BCUT2D eigenvalue weighted by Gasteiger charge is 2.44. The molecule has 1 aromatic carbocycles. The number of aliphatic hydroxyl groups excluding tert-OH is 4. The zero-order chi connectivity index (χ0) is 20.8. The minimum Gasteiger partial charge on any atom is -0.507 e. The van der Waals surface area contributed by atoms with E-state index in [1.54, 1.807) is 0 Å². The van der Waals surface area contributed by atoms with E-state index in [9.17, 15) is 25.5 Å². The molecule has 2 heterocycles. The quantitative estimate of drug-likeness (QED) is 0.515. The summed E-state index contributed by atoms with van der Waals surface area (Å²) in [6.45, 7) is 7.30. The third-order valence-corrected chi connectivity index (χ3v) is 6.54. The maximum Gasteiger partial charge on any atom is 0.127 e. The van der Waals surface area contributed by atoms with Gasteiger partial charge in [0.1, 0.15) is 41.5 Å². The van der Waals surface area contributed by atoms with Crippen molar-refractivity contribution in [3.05, 3.63) is 22.3 Å². The van der Waals surface area contributed by atoms with Gasteiger partial charge in [-0.25, -0.2) is 0 Å². The van der Waals surface area contributed by atoms with Crippen molar-refractivity contribution in [2.24, 2.45) is 0 Å². The van der Waals surface area contributed by atoms with Gasteiger partial charge in [0.2, 0.25) is 0 Å². The lowest BCUT2D eigenvalue weighted by Gasteiger charge is -2.42. The van der Waals surface area contributed by atoms with Crippen LogP contribution in [0.25, 0.3) is 0 Å². The molecule has 0 aromatic heterocycles. The van der Waals surface area contributed by atoms with E-state index >= 15 is 0 Å². The van der Waals surface area contributed by atoms with Crippen LogP contribution in [0.2, 0.25) is 0 Å². The molecule has 28 heavy (non-hydrogen) atoms. The highest BCUT2D eigenvalue weighted by molar-refractivity contribution is 5.58. The summed E-state index contributed by atoms with van der Waals surface area (Å²) >= 11 is 0. The van der Waals surface area contributed by atoms with E-state index in [1.807, 2.05) is 27.7 Å². The largest absolute Gasteiger partial charge is 0.507 e. The van der Waals surface area contributed by atoms with Gasteiger partial charge in [0.15, 0.2) is 0 Å². The molecule has 7 heteroatoms. The fraction of sp³-hybridized carbons (Fsp3) is 0.714. The monoisotopic (exact) mass is 396 g/mol. The fourth-order valence-corrected chi connectivity index (χ4v) is 4.34. The van der Waals surface area contributed by atoms with E-state index in [-0.39, 0.29) is 0 Å². The summed E-state index contributed by atoms with van der Waals surface area (Å²) in [5.41, 5.74) is 3.15. The Hall–Kier alpha value is -1.38. The van der Waals surface area contributed by atoms with Crippen LogP contribution in [0.3, 0.4) is 0 Å².